The Morgan fingerprint density at radius 1 is 1.12 bits per heavy atom. The van der Waals surface area contributed by atoms with E-state index in [2.05, 4.69) is 35.7 Å². The first-order valence-corrected chi connectivity index (χ1v) is 13.0. The van der Waals surface area contributed by atoms with Crippen molar-refractivity contribution >= 4 is 22.8 Å². The molecule has 0 aliphatic heterocycles. The lowest BCUT2D eigenvalue weighted by Gasteiger charge is -2.34. The smallest absolute Gasteiger partial charge is 0.369 e. The third-order valence-corrected chi connectivity index (χ3v) is 7.04. The van der Waals surface area contributed by atoms with Crippen molar-refractivity contribution in [3.8, 4) is 0 Å². The second-order valence-corrected chi connectivity index (χ2v) is 10.8. The zero-order valence-electron chi connectivity index (χ0n) is 22.7. The summed E-state index contributed by atoms with van der Waals surface area (Å²) in [6.07, 6.45) is -2.62. The fraction of sp³-hybridized carbons (Fsp3) is 0.577. The number of hydrogen-bond donors (Lipinski definition) is 3. The predicted molar refractivity (Wildman–Crippen MR) is 135 cm³/mol. The number of alkyl halides is 5. The second kappa shape index (κ2) is 11.7. The van der Waals surface area contributed by atoms with Gasteiger partial charge in [-0.2, -0.15) is 13.2 Å². The molecule has 2 aliphatic carbocycles. The molecule has 3 aromatic rings. The molecule has 0 bridgehead atoms. The number of carbonyl (C=O) groups is 2. The molecular formula is C26H31F5N6O4. The van der Waals surface area contributed by atoms with Crippen LogP contribution in [0, 0.1) is 5.92 Å². The predicted octanol–water partition coefficient (Wildman–Crippen LogP) is 4.78. The van der Waals surface area contributed by atoms with Crippen LogP contribution in [-0.2, 0) is 22.6 Å². The van der Waals surface area contributed by atoms with E-state index in [4.69, 9.17) is 4.63 Å². The molecule has 2 aromatic heterocycles. The number of nitrogens with one attached hydrogen (secondary N) is 3. The number of methoxy groups -OCH3 is 1. The maximum absolute atomic E-state index is 12.9. The van der Waals surface area contributed by atoms with Gasteiger partial charge in [-0.15, -0.1) is 0 Å². The Bertz CT molecular complexity index is 1370. The number of hydrogen-bond acceptors (Lipinski definition) is 7. The summed E-state index contributed by atoms with van der Waals surface area (Å²) in [6.45, 7) is 2.44. The highest BCUT2D eigenvalue weighted by Gasteiger charge is 2.47. The lowest BCUT2D eigenvalue weighted by atomic mass is 9.79. The van der Waals surface area contributed by atoms with E-state index in [0.717, 1.165) is 50.4 Å². The lowest BCUT2D eigenvalue weighted by molar-refractivity contribution is -0.255. The van der Waals surface area contributed by atoms with Crippen LogP contribution in [0.15, 0.2) is 22.8 Å². The van der Waals surface area contributed by atoms with E-state index in [1.165, 1.54) is 0 Å². The third kappa shape index (κ3) is 7.77. The highest BCUT2D eigenvalue weighted by atomic mass is 19.4. The first kappa shape index (κ1) is 30.3. The monoisotopic (exact) mass is 586 g/mol. The Morgan fingerprint density at radius 2 is 1.83 bits per heavy atom. The number of carbonyl (C=O) groups excluding carboxylic acids is 2. The van der Waals surface area contributed by atoms with Crippen molar-refractivity contribution in [3.05, 3.63) is 41.0 Å². The molecule has 224 valence electrons. The number of nitrogens with zero attached hydrogens (tertiary/aromatic N) is 3. The number of H-pyrrole nitrogens is 1. The second-order valence-electron chi connectivity index (χ2n) is 10.8. The zero-order chi connectivity index (χ0) is 30.0. The maximum atomic E-state index is 12.9. The fourth-order valence-electron chi connectivity index (χ4n) is 4.11. The highest BCUT2D eigenvalue weighted by Crippen LogP contribution is 2.44. The number of aromatic nitrogens is 4. The van der Waals surface area contributed by atoms with Gasteiger partial charge >= 0.3 is 6.18 Å². The van der Waals surface area contributed by atoms with Gasteiger partial charge in [0.15, 0.2) is 11.3 Å². The molecule has 0 unspecified atom stereocenters. The van der Waals surface area contributed by atoms with E-state index in [0.29, 0.717) is 18.1 Å². The van der Waals surface area contributed by atoms with Crippen molar-refractivity contribution in [1.29, 1.82) is 0 Å². The van der Waals surface area contributed by atoms with Crippen LogP contribution in [0.1, 0.15) is 79.4 Å². The summed E-state index contributed by atoms with van der Waals surface area (Å²) in [5, 5.41) is 13.1. The number of fused-ring (bicyclic) bond motifs is 1. The van der Waals surface area contributed by atoms with Crippen LogP contribution >= 0.6 is 0 Å². The molecule has 5 rings (SSSR count). The van der Waals surface area contributed by atoms with Crippen LogP contribution in [0.4, 0.5) is 22.0 Å². The minimum atomic E-state index is -4.28. The van der Waals surface area contributed by atoms with Gasteiger partial charge in [0.05, 0.1) is 17.6 Å². The van der Waals surface area contributed by atoms with Crippen LogP contribution in [0.25, 0.3) is 11.0 Å². The minimum absolute atomic E-state index is 0.120. The molecule has 41 heavy (non-hydrogen) atoms. The number of halogens is 5. The summed E-state index contributed by atoms with van der Waals surface area (Å²) in [5.74, 6) is -2.62. The molecule has 2 aliphatic rings. The van der Waals surface area contributed by atoms with Crippen molar-refractivity contribution in [1.82, 2.24) is 30.9 Å². The van der Waals surface area contributed by atoms with Gasteiger partial charge in [-0.05, 0) is 55.5 Å². The largest absolute Gasteiger partial charge is 0.416 e. The van der Waals surface area contributed by atoms with Crippen molar-refractivity contribution in [3.63, 3.8) is 0 Å². The molecule has 2 saturated carbocycles. The Hall–Kier alpha value is -3.62. The van der Waals surface area contributed by atoms with Gasteiger partial charge in [0.25, 0.3) is 5.91 Å². The van der Waals surface area contributed by atoms with Gasteiger partial charge in [0, 0.05) is 38.8 Å². The molecule has 15 heteroatoms. The summed E-state index contributed by atoms with van der Waals surface area (Å²) in [5.41, 5.74) is 1.14. The van der Waals surface area contributed by atoms with Crippen LogP contribution in [0.5, 0.6) is 0 Å². The SMILES string of the molecule is COC(C)(C)C(F)(F)F.O=C(CC1CC(F)(F)C1)NCc1ccc2nc(CNC(=O)c3nonc3C3CC3)[nH]c2c1. The average molecular weight is 587 g/mol. The molecule has 0 spiro atoms. The zero-order valence-corrected chi connectivity index (χ0v) is 22.7. The Morgan fingerprint density at radius 3 is 2.41 bits per heavy atom. The summed E-state index contributed by atoms with van der Waals surface area (Å²) < 4.78 is 69.8. The fourth-order valence-corrected chi connectivity index (χ4v) is 4.11. The molecule has 3 N–H and O–H groups in total. The van der Waals surface area contributed by atoms with Crippen LogP contribution in [-0.4, -0.2) is 56.9 Å². The van der Waals surface area contributed by atoms with Crippen molar-refractivity contribution < 1.29 is 40.9 Å². The molecule has 2 fully saturated rings. The minimum Gasteiger partial charge on any atom is -0.369 e. The van der Waals surface area contributed by atoms with E-state index < -0.39 is 17.7 Å². The molecule has 0 atom stereocenters. The maximum Gasteiger partial charge on any atom is 0.416 e. The summed E-state index contributed by atoms with van der Waals surface area (Å²) >= 11 is 0. The van der Waals surface area contributed by atoms with Gasteiger partial charge in [-0.3, -0.25) is 9.59 Å². The average Bonchev–Trinajstić information content (AvgIpc) is 3.45. The van der Waals surface area contributed by atoms with E-state index in [1.54, 1.807) is 0 Å². The number of ether oxygens (including phenoxy) is 1. The number of aromatic amines is 1. The summed E-state index contributed by atoms with van der Waals surface area (Å²) in [4.78, 5) is 32.0. The number of rotatable bonds is 9. The van der Waals surface area contributed by atoms with E-state index in [-0.39, 0.29) is 55.2 Å². The van der Waals surface area contributed by atoms with E-state index in [9.17, 15) is 31.5 Å². The number of imidazole rings is 1. The molecule has 0 saturated heterocycles. The Balaban J connectivity index is 0.000000374. The first-order chi connectivity index (χ1) is 19.2. The van der Waals surface area contributed by atoms with Crippen molar-refractivity contribution in [2.75, 3.05) is 7.11 Å². The molecular weight excluding hydrogens is 555 g/mol. The van der Waals surface area contributed by atoms with Gasteiger partial charge in [0.1, 0.15) is 11.5 Å². The normalized spacial score (nSPS) is 17.0. The van der Waals surface area contributed by atoms with Crippen LogP contribution in [0.2, 0.25) is 0 Å². The summed E-state index contributed by atoms with van der Waals surface area (Å²) in [7, 11) is 1.04. The number of amides is 2. The molecule has 2 heterocycles. The highest BCUT2D eigenvalue weighted by molar-refractivity contribution is 5.93. The topological polar surface area (TPSA) is 135 Å². The molecule has 2 amide bonds. The number of benzene rings is 1. The van der Waals surface area contributed by atoms with Crippen molar-refractivity contribution in [2.24, 2.45) is 5.92 Å². The van der Waals surface area contributed by atoms with Crippen molar-refractivity contribution in [2.45, 2.75) is 82.7 Å². The van der Waals surface area contributed by atoms with Gasteiger partial charge in [-0.25, -0.2) is 18.4 Å². The first-order valence-electron chi connectivity index (χ1n) is 13.0. The quantitative estimate of drug-likeness (QED) is 0.307. The molecule has 1 aromatic carbocycles. The van der Waals surface area contributed by atoms with Crippen LogP contribution in [0.3, 0.4) is 0 Å². The van der Waals surface area contributed by atoms with E-state index in [1.807, 2.05) is 18.2 Å². The van der Waals surface area contributed by atoms with Gasteiger partial charge < -0.3 is 20.4 Å². The lowest BCUT2D eigenvalue weighted by Crippen LogP contribution is -2.40. The Labute approximate surface area is 231 Å². The van der Waals surface area contributed by atoms with Gasteiger partial charge in [0.2, 0.25) is 11.8 Å². The molecule has 10 nitrogen and oxygen atoms in total. The van der Waals surface area contributed by atoms with E-state index >= 15 is 0 Å². The van der Waals surface area contributed by atoms with Gasteiger partial charge in [-0.1, -0.05) is 11.2 Å². The standard InChI is InChI=1S/C21H22F2N6O3.C5H9F3O/c22-21(23)7-12(8-21)6-17(30)24-9-11-1-4-14-15(5-11)27-16(26-14)10-25-20(31)19-18(13-2-3-13)28-32-29-19;1-4(2,9-3)5(6,7)8/h1,4-5,12-13H,2-3,6-10H2,(H,24,30)(H,25,31)(H,26,27);1-3H3. The summed E-state index contributed by atoms with van der Waals surface area (Å²) in [6, 6.07) is 5.52. The molecule has 0 radical (unpaired) electrons. The third-order valence-electron chi connectivity index (χ3n) is 7.04. The van der Waals surface area contributed by atoms with Crippen LogP contribution < -0.4 is 10.6 Å². The Kier molecular flexibility index (Phi) is 8.66.